The van der Waals surface area contributed by atoms with Crippen LogP contribution in [0.5, 0.6) is 0 Å². The van der Waals surface area contributed by atoms with E-state index in [4.69, 9.17) is 11.6 Å². The summed E-state index contributed by atoms with van der Waals surface area (Å²) in [6.45, 7) is 0.394. The zero-order valence-corrected chi connectivity index (χ0v) is 15.0. The fraction of sp³-hybridized carbons (Fsp3) is 0.235. The fourth-order valence-electron chi connectivity index (χ4n) is 2.00. The zero-order valence-electron chi connectivity index (χ0n) is 13.5. The van der Waals surface area contributed by atoms with Crippen LogP contribution in [0.25, 0.3) is 0 Å². The number of thioether (sulfide) groups is 1. The van der Waals surface area contributed by atoms with Crippen molar-refractivity contribution < 1.29 is 9.59 Å². The fourth-order valence-corrected chi connectivity index (χ4v) is 2.57. The first kappa shape index (κ1) is 18.3. The molecular formula is C17H18ClN3O2S. The molecular weight excluding hydrogens is 346 g/mol. The number of rotatable bonds is 6. The van der Waals surface area contributed by atoms with E-state index in [9.17, 15) is 9.59 Å². The SMILES string of the molecule is CSc1ccc(CN(C)C(=O)CNC(=O)c2cc(Cl)ccn2)cc1. The van der Waals surface area contributed by atoms with Gasteiger partial charge >= 0.3 is 0 Å². The Bertz CT molecular complexity index is 722. The summed E-state index contributed by atoms with van der Waals surface area (Å²) in [5.41, 5.74) is 1.22. The number of hydrogen-bond acceptors (Lipinski definition) is 4. The summed E-state index contributed by atoms with van der Waals surface area (Å²) >= 11 is 7.49. The molecule has 0 radical (unpaired) electrons. The van der Waals surface area contributed by atoms with E-state index in [2.05, 4.69) is 10.3 Å². The van der Waals surface area contributed by atoms with Gasteiger partial charge in [-0.05, 0) is 36.1 Å². The zero-order chi connectivity index (χ0) is 17.5. The van der Waals surface area contributed by atoms with Crippen molar-refractivity contribution in [1.82, 2.24) is 15.2 Å². The van der Waals surface area contributed by atoms with Crippen LogP contribution in [0.2, 0.25) is 5.02 Å². The molecule has 0 atom stereocenters. The van der Waals surface area contributed by atoms with E-state index in [-0.39, 0.29) is 18.1 Å². The number of likely N-dealkylation sites (N-methyl/N-ethyl adjacent to an activating group) is 1. The van der Waals surface area contributed by atoms with Gasteiger partial charge in [0, 0.05) is 29.7 Å². The van der Waals surface area contributed by atoms with E-state index in [0.717, 1.165) is 5.56 Å². The second-order valence-electron chi connectivity index (χ2n) is 5.14. The molecule has 2 rings (SSSR count). The molecule has 0 unspecified atom stereocenters. The van der Waals surface area contributed by atoms with E-state index in [1.54, 1.807) is 29.8 Å². The lowest BCUT2D eigenvalue weighted by molar-refractivity contribution is -0.129. The molecule has 24 heavy (non-hydrogen) atoms. The number of halogens is 1. The summed E-state index contributed by atoms with van der Waals surface area (Å²) in [6, 6.07) is 11.1. The number of nitrogens with one attached hydrogen (secondary N) is 1. The lowest BCUT2D eigenvalue weighted by Gasteiger charge is -2.17. The minimum Gasteiger partial charge on any atom is -0.342 e. The molecule has 0 aliphatic rings. The maximum Gasteiger partial charge on any atom is 0.270 e. The average molecular weight is 364 g/mol. The van der Waals surface area contributed by atoms with Crippen molar-refractivity contribution >= 4 is 35.2 Å². The van der Waals surface area contributed by atoms with Gasteiger partial charge in [0.15, 0.2) is 0 Å². The lowest BCUT2D eigenvalue weighted by atomic mass is 10.2. The lowest BCUT2D eigenvalue weighted by Crippen LogP contribution is -2.38. The predicted octanol–water partition coefficient (Wildman–Crippen LogP) is 2.85. The number of carbonyl (C=O) groups is 2. The van der Waals surface area contributed by atoms with Crippen LogP contribution in [0, 0.1) is 0 Å². The molecule has 0 saturated heterocycles. The molecule has 1 aromatic carbocycles. The summed E-state index contributed by atoms with van der Waals surface area (Å²) < 4.78 is 0. The Hall–Kier alpha value is -2.05. The molecule has 126 valence electrons. The molecule has 1 N–H and O–H groups in total. The monoisotopic (exact) mass is 363 g/mol. The van der Waals surface area contributed by atoms with Crippen molar-refractivity contribution in [2.75, 3.05) is 19.8 Å². The smallest absolute Gasteiger partial charge is 0.270 e. The Morgan fingerprint density at radius 2 is 1.96 bits per heavy atom. The minimum atomic E-state index is -0.427. The average Bonchev–Trinajstić information content (AvgIpc) is 2.60. The first-order valence-corrected chi connectivity index (χ1v) is 8.86. The van der Waals surface area contributed by atoms with E-state index in [0.29, 0.717) is 11.6 Å². The third-order valence-corrected chi connectivity index (χ3v) is 4.34. The minimum absolute atomic E-state index is 0.0909. The molecule has 5 nitrogen and oxygen atoms in total. The highest BCUT2D eigenvalue weighted by Gasteiger charge is 2.13. The van der Waals surface area contributed by atoms with Gasteiger partial charge in [-0.2, -0.15) is 0 Å². The maximum atomic E-state index is 12.1. The van der Waals surface area contributed by atoms with Crippen LogP contribution in [0.15, 0.2) is 47.5 Å². The normalized spacial score (nSPS) is 10.3. The van der Waals surface area contributed by atoms with Gasteiger partial charge in [-0.3, -0.25) is 14.6 Å². The number of pyridine rings is 1. The Labute approximate surface area is 150 Å². The van der Waals surface area contributed by atoms with Gasteiger partial charge in [-0.15, -0.1) is 11.8 Å². The topological polar surface area (TPSA) is 62.3 Å². The molecule has 0 bridgehead atoms. The van der Waals surface area contributed by atoms with Crippen LogP contribution in [-0.4, -0.2) is 41.5 Å². The largest absolute Gasteiger partial charge is 0.342 e. The number of carbonyl (C=O) groups excluding carboxylic acids is 2. The quantitative estimate of drug-likeness (QED) is 0.802. The summed E-state index contributed by atoms with van der Waals surface area (Å²) in [5.74, 6) is -0.608. The van der Waals surface area contributed by atoms with Crippen LogP contribution >= 0.6 is 23.4 Å². The van der Waals surface area contributed by atoms with E-state index in [1.807, 2.05) is 30.5 Å². The molecule has 2 aromatic rings. The van der Waals surface area contributed by atoms with Gasteiger partial charge in [0.25, 0.3) is 5.91 Å². The van der Waals surface area contributed by atoms with Gasteiger partial charge in [0.05, 0.1) is 6.54 Å². The Kier molecular flexibility index (Phi) is 6.63. The Morgan fingerprint density at radius 3 is 2.58 bits per heavy atom. The Morgan fingerprint density at radius 1 is 1.25 bits per heavy atom. The van der Waals surface area contributed by atoms with Gasteiger partial charge in [-0.25, -0.2) is 0 Å². The van der Waals surface area contributed by atoms with Crippen molar-refractivity contribution in [2.24, 2.45) is 0 Å². The van der Waals surface area contributed by atoms with Crippen LogP contribution in [0.1, 0.15) is 16.1 Å². The van der Waals surface area contributed by atoms with Crippen LogP contribution < -0.4 is 5.32 Å². The van der Waals surface area contributed by atoms with Crippen molar-refractivity contribution in [3.63, 3.8) is 0 Å². The second kappa shape index (κ2) is 8.70. The third kappa shape index (κ3) is 5.25. The summed E-state index contributed by atoms with van der Waals surface area (Å²) in [5, 5.41) is 2.98. The summed E-state index contributed by atoms with van der Waals surface area (Å²) in [6.07, 6.45) is 3.46. The van der Waals surface area contributed by atoms with Gasteiger partial charge < -0.3 is 10.2 Å². The molecule has 1 aromatic heterocycles. The molecule has 1 heterocycles. The second-order valence-corrected chi connectivity index (χ2v) is 6.46. The van der Waals surface area contributed by atoms with E-state index >= 15 is 0 Å². The highest BCUT2D eigenvalue weighted by atomic mass is 35.5. The van der Waals surface area contributed by atoms with Crippen LogP contribution in [-0.2, 0) is 11.3 Å². The number of aromatic nitrogens is 1. The third-order valence-electron chi connectivity index (χ3n) is 3.36. The predicted molar refractivity (Wildman–Crippen MR) is 96.3 cm³/mol. The molecule has 0 spiro atoms. The van der Waals surface area contributed by atoms with E-state index < -0.39 is 5.91 Å². The van der Waals surface area contributed by atoms with E-state index in [1.165, 1.54) is 17.2 Å². The van der Waals surface area contributed by atoms with Gasteiger partial charge in [0.2, 0.25) is 5.91 Å². The Balaban J connectivity index is 1.85. The van der Waals surface area contributed by atoms with Crippen molar-refractivity contribution in [3.8, 4) is 0 Å². The maximum absolute atomic E-state index is 12.1. The molecule has 0 saturated carbocycles. The van der Waals surface area contributed by atoms with Gasteiger partial charge in [0.1, 0.15) is 5.69 Å². The highest BCUT2D eigenvalue weighted by molar-refractivity contribution is 7.98. The molecule has 7 heteroatoms. The molecule has 0 fully saturated rings. The highest BCUT2D eigenvalue weighted by Crippen LogP contribution is 2.15. The van der Waals surface area contributed by atoms with Gasteiger partial charge in [-0.1, -0.05) is 23.7 Å². The first-order chi connectivity index (χ1) is 11.5. The van der Waals surface area contributed by atoms with Crippen molar-refractivity contribution in [3.05, 3.63) is 58.9 Å². The summed E-state index contributed by atoms with van der Waals surface area (Å²) in [4.78, 5) is 30.7. The van der Waals surface area contributed by atoms with Crippen LogP contribution in [0.4, 0.5) is 0 Å². The number of benzene rings is 1. The standard InChI is InChI=1S/C17H18ClN3O2S/c1-21(11-12-3-5-14(24-2)6-4-12)16(22)10-20-17(23)15-9-13(18)7-8-19-15/h3-9H,10-11H2,1-2H3,(H,20,23). The molecule has 2 amide bonds. The van der Waals surface area contributed by atoms with Crippen molar-refractivity contribution in [1.29, 1.82) is 0 Å². The van der Waals surface area contributed by atoms with Crippen molar-refractivity contribution in [2.45, 2.75) is 11.4 Å². The van der Waals surface area contributed by atoms with Crippen LogP contribution in [0.3, 0.4) is 0 Å². The number of hydrogen-bond donors (Lipinski definition) is 1. The number of nitrogens with zero attached hydrogens (tertiary/aromatic N) is 2. The first-order valence-electron chi connectivity index (χ1n) is 7.26. The number of amides is 2. The molecule has 0 aliphatic heterocycles. The summed E-state index contributed by atoms with van der Waals surface area (Å²) in [7, 11) is 1.70. The molecule has 0 aliphatic carbocycles.